The molecule has 140 valence electrons. The SMILES string of the molecule is Cc1ccc(COC(=O)N2CCO[C@H](c3nc4ncccc4[nH]3)C2)c(F)c1. The number of aromatic amines is 1. The Morgan fingerprint density at radius 1 is 1.44 bits per heavy atom. The zero-order chi connectivity index (χ0) is 18.8. The molecule has 0 radical (unpaired) electrons. The molecule has 0 saturated carbocycles. The standard InChI is InChI=1S/C19H19FN4O3/c1-12-4-5-13(14(20)9-12)11-27-19(25)24-7-8-26-16(10-24)18-22-15-3-2-6-21-17(15)23-18/h2-6,9,16H,7-8,10-11H2,1H3,(H,21,22,23)/t16-/m0/s1. The molecule has 1 aliphatic rings. The van der Waals surface area contributed by atoms with E-state index in [0.29, 0.717) is 36.7 Å². The number of aryl methyl sites for hydroxylation is 1. The molecular formula is C19H19FN4O3. The molecule has 0 unspecified atom stereocenters. The van der Waals surface area contributed by atoms with E-state index in [1.54, 1.807) is 30.2 Å². The molecule has 1 saturated heterocycles. The van der Waals surface area contributed by atoms with Gasteiger partial charge in [0, 0.05) is 18.3 Å². The minimum atomic E-state index is -0.502. The second-order valence-electron chi connectivity index (χ2n) is 6.45. The topological polar surface area (TPSA) is 80.3 Å². The normalized spacial score (nSPS) is 17.3. The van der Waals surface area contributed by atoms with Gasteiger partial charge in [0.25, 0.3) is 0 Å². The smallest absolute Gasteiger partial charge is 0.410 e. The van der Waals surface area contributed by atoms with Gasteiger partial charge in [-0.3, -0.25) is 0 Å². The lowest BCUT2D eigenvalue weighted by Crippen LogP contribution is -2.42. The largest absolute Gasteiger partial charge is 0.444 e. The van der Waals surface area contributed by atoms with Gasteiger partial charge in [-0.05, 0) is 30.7 Å². The van der Waals surface area contributed by atoms with Gasteiger partial charge in [-0.15, -0.1) is 0 Å². The van der Waals surface area contributed by atoms with Gasteiger partial charge < -0.3 is 19.4 Å². The second-order valence-corrected chi connectivity index (χ2v) is 6.45. The zero-order valence-corrected chi connectivity index (χ0v) is 14.8. The first-order valence-corrected chi connectivity index (χ1v) is 8.69. The highest BCUT2D eigenvalue weighted by Crippen LogP contribution is 2.22. The molecule has 0 bridgehead atoms. The summed E-state index contributed by atoms with van der Waals surface area (Å²) in [6.07, 6.45) is 0.775. The van der Waals surface area contributed by atoms with Crippen molar-refractivity contribution in [2.24, 2.45) is 0 Å². The number of carbonyl (C=O) groups excluding carboxylic acids is 1. The first-order chi connectivity index (χ1) is 13.1. The van der Waals surface area contributed by atoms with Crippen LogP contribution in [0.4, 0.5) is 9.18 Å². The van der Waals surface area contributed by atoms with Crippen molar-refractivity contribution >= 4 is 17.3 Å². The summed E-state index contributed by atoms with van der Waals surface area (Å²) in [4.78, 5) is 25.7. The van der Waals surface area contributed by atoms with Crippen molar-refractivity contribution in [1.29, 1.82) is 0 Å². The Kier molecular flexibility index (Phi) is 4.72. The van der Waals surface area contributed by atoms with E-state index in [2.05, 4.69) is 15.0 Å². The summed E-state index contributed by atoms with van der Waals surface area (Å²) >= 11 is 0. The Labute approximate surface area is 155 Å². The first kappa shape index (κ1) is 17.4. The van der Waals surface area contributed by atoms with Crippen molar-refractivity contribution in [1.82, 2.24) is 19.9 Å². The molecule has 3 aromatic rings. The molecule has 7 nitrogen and oxygen atoms in total. The van der Waals surface area contributed by atoms with Gasteiger partial charge >= 0.3 is 6.09 Å². The fourth-order valence-electron chi connectivity index (χ4n) is 3.00. The maximum atomic E-state index is 13.9. The Bertz CT molecular complexity index is 941. The van der Waals surface area contributed by atoms with Crippen LogP contribution in [-0.2, 0) is 16.1 Å². The van der Waals surface area contributed by atoms with E-state index in [4.69, 9.17) is 9.47 Å². The van der Waals surface area contributed by atoms with Crippen LogP contribution in [0.15, 0.2) is 36.5 Å². The Morgan fingerprint density at radius 2 is 2.33 bits per heavy atom. The van der Waals surface area contributed by atoms with E-state index in [9.17, 15) is 9.18 Å². The summed E-state index contributed by atoms with van der Waals surface area (Å²) in [7, 11) is 0. The fraction of sp³-hybridized carbons (Fsp3) is 0.316. The second kappa shape index (κ2) is 7.32. The summed E-state index contributed by atoms with van der Waals surface area (Å²) < 4.78 is 24.9. The van der Waals surface area contributed by atoms with Gasteiger partial charge in [-0.2, -0.15) is 0 Å². The van der Waals surface area contributed by atoms with Crippen LogP contribution in [0.1, 0.15) is 23.1 Å². The minimum absolute atomic E-state index is 0.110. The number of nitrogens with zero attached hydrogens (tertiary/aromatic N) is 3. The number of hydrogen-bond acceptors (Lipinski definition) is 5. The Morgan fingerprint density at radius 3 is 3.15 bits per heavy atom. The van der Waals surface area contributed by atoms with Crippen LogP contribution in [0.3, 0.4) is 0 Å². The van der Waals surface area contributed by atoms with Crippen molar-refractivity contribution in [2.75, 3.05) is 19.7 Å². The molecular weight excluding hydrogens is 351 g/mol. The number of morpholine rings is 1. The lowest BCUT2D eigenvalue weighted by atomic mass is 10.1. The third kappa shape index (κ3) is 3.75. The Balaban J connectivity index is 1.40. The highest BCUT2D eigenvalue weighted by Gasteiger charge is 2.28. The lowest BCUT2D eigenvalue weighted by Gasteiger charge is -2.31. The average Bonchev–Trinajstić information content (AvgIpc) is 3.11. The van der Waals surface area contributed by atoms with Crippen LogP contribution in [0.5, 0.6) is 0 Å². The minimum Gasteiger partial charge on any atom is -0.444 e. The summed E-state index contributed by atoms with van der Waals surface area (Å²) in [5, 5.41) is 0. The predicted octanol–water partition coefficient (Wildman–Crippen LogP) is 3.12. The van der Waals surface area contributed by atoms with Gasteiger partial charge in [0.1, 0.15) is 24.4 Å². The van der Waals surface area contributed by atoms with Crippen molar-refractivity contribution < 1.29 is 18.7 Å². The number of amides is 1. The van der Waals surface area contributed by atoms with Gasteiger partial charge in [0.15, 0.2) is 5.65 Å². The number of nitrogens with one attached hydrogen (secondary N) is 1. The average molecular weight is 370 g/mol. The third-order valence-electron chi connectivity index (χ3n) is 4.47. The summed E-state index contributed by atoms with van der Waals surface area (Å²) in [6, 6.07) is 8.53. The highest BCUT2D eigenvalue weighted by atomic mass is 19.1. The molecule has 1 atom stereocenters. The zero-order valence-electron chi connectivity index (χ0n) is 14.8. The molecule has 1 fully saturated rings. The van der Waals surface area contributed by atoms with E-state index in [0.717, 1.165) is 11.1 Å². The van der Waals surface area contributed by atoms with Crippen molar-refractivity contribution in [3.63, 3.8) is 0 Å². The van der Waals surface area contributed by atoms with Gasteiger partial charge in [0.05, 0.1) is 18.7 Å². The number of carbonyl (C=O) groups is 1. The lowest BCUT2D eigenvalue weighted by molar-refractivity contribution is -0.0330. The molecule has 1 aliphatic heterocycles. The summed E-state index contributed by atoms with van der Waals surface area (Å²) in [5.74, 6) is 0.239. The number of benzene rings is 1. The van der Waals surface area contributed by atoms with Crippen LogP contribution in [0.25, 0.3) is 11.2 Å². The number of H-pyrrole nitrogens is 1. The van der Waals surface area contributed by atoms with E-state index in [-0.39, 0.29) is 12.4 Å². The molecule has 0 spiro atoms. The van der Waals surface area contributed by atoms with Crippen molar-refractivity contribution in [3.8, 4) is 0 Å². The summed E-state index contributed by atoms with van der Waals surface area (Å²) in [5.41, 5.74) is 2.58. The number of rotatable bonds is 3. The molecule has 2 aromatic heterocycles. The molecule has 1 N–H and O–H groups in total. The molecule has 8 heteroatoms. The molecule has 1 aromatic carbocycles. The van der Waals surface area contributed by atoms with Crippen molar-refractivity contribution in [2.45, 2.75) is 19.6 Å². The predicted molar refractivity (Wildman–Crippen MR) is 95.5 cm³/mol. The van der Waals surface area contributed by atoms with Crippen LogP contribution >= 0.6 is 0 Å². The monoisotopic (exact) mass is 370 g/mol. The number of fused-ring (bicyclic) bond motifs is 1. The number of ether oxygens (including phenoxy) is 2. The molecule has 1 amide bonds. The van der Waals surface area contributed by atoms with Crippen LogP contribution < -0.4 is 0 Å². The highest BCUT2D eigenvalue weighted by molar-refractivity contribution is 5.70. The van der Waals surface area contributed by atoms with Gasteiger partial charge in [-0.25, -0.2) is 19.2 Å². The van der Waals surface area contributed by atoms with Crippen molar-refractivity contribution in [3.05, 3.63) is 59.3 Å². The fourth-order valence-corrected chi connectivity index (χ4v) is 3.00. The number of aromatic nitrogens is 3. The van der Waals surface area contributed by atoms with Crippen LogP contribution in [0.2, 0.25) is 0 Å². The first-order valence-electron chi connectivity index (χ1n) is 8.69. The van der Waals surface area contributed by atoms with Gasteiger partial charge in [0.2, 0.25) is 0 Å². The van der Waals surface area contributed by atoms with Gasteiger partial charge in [-0.1, -0.05) is 12.1 Å². The van der Waals surface area contributed by atoms with Crippen LogP contribution in [-0.4, -0.2) is 45.6 Å². The molecule has 4 rings (SSSR count). The molecule has 27 heavy (non-hydrogen) atoms. The number of pyridine rings is 1. The van der Waals surface area contributed by atoms with E-state index < -0.39 is 12.2 Å². The number of hydrogen-bond donors (Lipinski definition) is 1. The molecule has 0 aliphatic carbocycles. The Hall–Kier alpha value is -3.00. The van der Waals surface area contributed by atoms with E-state index in [1.807, 2.05) is 12.1 Å². The number of imidazole rings is 1. The summed E-state index contributed by atoms with van der Waals surface area (Å²) in [6.45, 7) is 2.77. The maximum Gasteiger partial charge on any atom is 0.410 e. The van der Waals surface area contributed by atoms with Crippen LogP contribution in [0, 0.1) is 12.7 Å². The third-order valence-corrected chi connectivity index (χ3v) is 4.47. The quantitative estimate of drug-likeness (QED) is 0.766. The maximum absolute atomic E-state index is 13.9. The molecule has 3 heterocycles. The van der Waals surface area contributed by atoms with E-state index in [1.165, 1.54) is 6.07 Å². The number of halogens is 1. The van der Waals surface area contributed by atoms with E-state index >= 15 is 0 Å².